The summed E-state index contributed by atoms with van der Waals surface area (Å²) in [5, 5.41) is 6.00. The van der Waals surface area contributed by atoms with E-state index >= 15 is 0 Å². The molecule has 0 aliphatic heterocycles. The number of ether oxygens (including phenoxy) is 1. The van der Waals surface area contributed by atoms with Gasteiger partial charge in [0.05, 0.1) is 17.9 Å². The van der Waals surface area contributed by atoms with Gasteiger partial charge in [0.15, 0.2) is 5.75 Å². The number of halogens is 1. The highest BCUT2D eigenvalue weighted by molar-refractivity contribution is 6.31. The number of amides is 2. The summed E-state index contributed by atoms with van der Waals surface area (Å²) in [5.74, 6) is 1.17. The van der Waals surface area contributed by atoms with Crippen molar-refractivity contribution in [2.24, 2.45) is 0 Å². The van der Waals surface area contributed by atoms with Crippen molar-refractivity contribution in [3.63, 3.8) is 0 Å². The van der Waals surface area contributed by atoms with Crippen LogP contribution in [0.2, 0.25) is 5.02 Å². The molecule has 1 aromatic heterocycles. The highest BCUT2D eigenvalue weighted by atomic mass is 35.5. The minimum absolute atomic E-state index is 0.322. The third-order valence-corrected chi connectivity index (χ3v) is 3.55. The number of nitrogens with zero attached hydrogens (tertiary/aromatic N) is 1. The van der Waals surface area contributed by atoms with Crippen molar-refractivity contribution in [2.75, 3.05) is 5.32 Å². The van der Waals surface area contributed by atoms with Crippen LogP contribution in [0.3, 0.4) is 0 Å². The molecule has 25 heavy (non-hydrogen) atoms. The van der Waals surface area contributed by atoms with Crippen molar-refractivity contribution in [1.82, 2.24) is 10.3 Å². The van der Waals surface area contributed by atoms with Gasteiger partial charge in [-0.1, -0.05) is 35.9 Å². The lowest BCUT2D eigenvalue weighted by atomic mass is 10.3. The summed E-state index contributed by atoms with van der Waals surface area (Å²) in [6.45, 7) is 0.322. The van der Waals surface area contributed by atoms with Gasteiger partial charge < -0.3 is 15.4 Å². The zero-order valence-corrected chi connectivity index (χ0v) is 14.0. The van der Waals surface area contributed by atoms with Crippen LogP contribution in [0.1, 0.15) is 5.69 Å². The summed E-state index contributed by atoms with van der Waals surface area (Å²) in [7, 11) is 0. The second-order valence-electron chi connectivity index (χ2n) is 5.18. The fourth-order valence-electron chi connectivity index (χ4n) is 2.14. The molecule has 5 nitrogen and oxygen atoms in total. The fraction of sp³-hybridized carbons (Fsp3) is 0.0526. The first kappa shape index (κ1) is 16.8. The van der Waals surface area contributed by atoms with E-state index in [1.54, 1.807) is 24.4 Å². The number of carbonyl (C=O) groups excluding carboxylic acids is 1. The molecule has 0 aliphatic carbocycles. The number of anilines is 1. The van der Waals surface area contributed by atoms with Gasteiger partial charge in [-0.3, -0.25) is 4.98 Å². The molecule has 0 atom stereocenters. The van der Waals surface area contributed by atoms with Crippen molar-refractivity contribution in [2.45, 2.75) is 6.54 Å². The third kappa shape index (κ3) is 4.96. The molecule has 2 N–H and O–H groups in total. The van der Waals surface area contributed by atoms with E-state index in [1.165, 1.54) is 0 Å². The monoisotopic (exact) mass is 353 g/mol. The first-order valence-electron chi connectivity index (χ1n) is 7.68. The van der Waals surface area contributed by atoms with E-state index in [9.17, 15) is 4.79 Å². The highest BCUT2D eigenvalue weighted by Crippen LogP contribution is 2.31. The summed E-state index contributed by atoms with van der Waals surface area (Å²) >= 11 is 6.04. The predicted octanol–water partition coefficient (Wildman–Crippen LogP) is 4.85. The molecular weight excluding hydrogens is 338 g/mol. The smallest absolute Gasteiger partial charge is 0.319 e. The Morgan fingerprint density at radius 3 is 2.60 bits per heavy atom. The van der Waals surface area contributed by atoms with Crippen LogP contribution in [0.4, 0.5) is 10.5 Å². The lowest BCUT2D eigenvalue weighted by Crippen LogP contribution is -2.28. The summed E-state index contributed by atoms with van der Waals surface area (Å²) in [4.78, 5) is 16.3. The first-order valence-corrected chi connectivity index (χ1v) is 8.06. The lowest BCUT2D eigenvalue weighted by molar-refractivity contribution is 0.251. The molecule has 0 saturated carbocycles. The van der Waals surface area contributed by atoms with Gasteiger partial charge in [-0.15, -0.1) is 0 Å². The minimum atomic E-state index is -0.370. The average molecular weight is 354 g/mol. The quantitative estimate of drug-likeness (QED) is 0.689. The van der Waals surface area contributed by atoms with E-state index in [0.29, 0.717) is 28.8 Å². The van der Waals surface area contributed by atoms with Crippen molar-refractivity contribution in [3.8, 4) is 11.5 Å². The van der Waals surface area contributed by atoms with Gasteiger partial charge in [-0.25, -0.2) is 4.79 Å². The number of aromatic nitrogens is 1. The molecule has 2 aromatic carbocycles. The number of benzene rings is 2. The SMILES string of the molecule is O=C(NCc1ccccn1)Nc1cc(Cl)ccc1Oc1ccccc1. The zero-order valence-electron chi connectivity index (χ0n) is 13.3. The maximum Gasteiger partial charge on any atom is 0.319 e. The zero-order chi connectivity index (χ0) is 17.5. The Morgan fingerprint density at radius 2 is 1.84 bits per heavy atom. The van der Waals surface area contributed by atoms with Crippen LogP contribution in [0.25, 0.3) is 0 Å². The maximum absolute atomic E-state index is 12.2. The molecule has 0 bridgehead atoms. The Labute approximate surface area is 150 Å². The molecule has 0 radical (unpaired) electrons. The molecule has 6 heteroatoms. The molecule has 0 saturated heterocycles. The van der Waals surface area contributed by atoms with Crippen LogP contribution in [-0.4, -0.2) is 11.0 Å². The van der Waals surface area contributed by atoms with E-state index in [0.717, 1.165) is 5.69 Å². The largest absolute Gasteiger partial charge is 0.455 e. The summed E-state index contributed by atoms with van der Waals surface area (Å²) in [5.41, 5.74) is 1.25. The van der Waals surface area contributed by atoms with E-state index in [1.807, 2.05) is 48.5 Å². The third-order valence-electron chi connectivity index (χ3n) is 3.32. The Bertz CT molecular complexity index is 842. The Hall–Kier alpha value is -3.05. The normalized spacial score (nSPS) is 10.1. The predicted molar refractivity (Wildman–Crippen MR) is 98.1 cm³/mol. The van der Waals surface area contributed by atoms with Crippen LogP contribution in [0.15, 0.2) is 72.9 Å². The van der Waals surface area contributed by atoms with Gasteiger partial charge in [0.2, 0.25) is 0 Å². The summed E-state index contributed by atoms with van der Waals surface area (Å²) < 4.78 is 5.81. The van der Waals surface area contributed by atoms with Gasteiger partial charge in [-0.05, 0) is 42.5 Å². The van der Waals surface area contributed by atoms with E-state index in [2.05, 4.69) is 15.6 Å². The molecule has 0 fully saturated rings. The first-order chi connectivity index (χ1) is 12.2. The molecule has 1 heterocycles. The molecular formula is C19H16ClN3O2. The van der Waals surface area contributed by atoms with Crippen molar-refractivity contribution in [1.29, 1.82) is 0 Å². The average Bonchev–Trinajstić information content (AvgIpc) is 2.64. The summed E-state index contributed by atoms with van der Waals surface area (Å²) in [6.07, 6.45) is 1.68. The molecule has 0 spiro atoms. The van der Waals surface area contributed by atoms with Crippen molar-refractivity contribution in [3.05, 3.63) is 83.6 Å². The standard InChI is InChI=1S/C19H16ClN3O2/c20-14-9-10-18(25-16-7-2-1-3-8-16)17(12-14)23-19(24)22-13-15-6-4-5-11-21-15/h1-12H,13H2,(H2,22,23,24). The van der Waals surface area contributed by atoms with Crippen LogP contribution in [0.5, 0.6) is 11.5 Å². The second kappa shape index (κ2) is 8.17. The van der Waals surface area contributed by atoms with Crippen molar-refractivity contribution >= 4 is 23.3 Å². The van der Waals surface area contributed by atoms with Crippen LogP contribution in [0, 0.1) is 0 Å². The topological polar surface area (TPSA) is 63.2 Å². The molecule has 3 rings (SSSR count). The number of rotatable bonds is 5. The van der Waals surface area contributed by atoms with Crippen LogP contribution in [-0.2, 0) is 6.54 Å². The number of hydrogen-bond donors (Lipinski definition) is 2. The van der Waals surface area contributed by atoms with Gasteiger partial charge in [-0.2, -0.15) is 0 Å². The van der Waals surface area contributed by atoms with Crippen LogP contribution < -0.4 is 15.4 Å². The number of hydrogen-bond acceptors (Lipinski definition) is 3. The summed E-state index contributed by atoms with van der Waals surface area (Å²) in [6, 6.07) is 19.5. The van der Waals surface area contributed by atoms with Gasteiger partial charge in [0, 0.05) is 11.2 Å². The van der Waals surface area contributed by atoms with Crippen molar-refractivity contribution < 1.29 is 9.53 Å². The minimum Gasteiger partial charge on any atom is -0.455 e. The van der Waals surface area contributed by atoms with Crippen LogP contribution >= 0.6 is 11.6 Å². The van der Waals surface area contributed by atoms with E-state index in [4.69, 9.17) is 16.3 Å². The van der Waals surface area contributed by atoms with E-state index in [-0.39, 0.29) is 6.03 Å². The fourth-order valence-corrected chi connectivity index (χ4v) is 2.32. The number of para-hydroxylation sites is 1. The molecule has 0 unspecified atom stereocenters. The van der Waals surface area contributed by atoms with Gasteiger partial charge >= 0.3 is 6.03 Å². The van der Waals surface area contributed by atoms with E-state index < -0.39 is 0 Å². The van der Waals surface area contributed by atoms with Gasteiger partial charge in [0.25, 0.3) is 0 Å². The number of nitrogens with one attached hydrogen (secondary N) is 2. The number of urea groups is 1. The Kier molecular flexibility index (Phi) is 5.49. The lowest BCUT2D eigenvalue weighted by Gasteiger charge is -2.13. The molecule has 126 valence electrons. The molecule has 3 aromatic rings. The number of pyridine rings is 1. The Balaban J connectivity index is 1.68. The Morgan fingerprint density at radius 1 is 1.04 bits per heavy atom. The number of carbonyl (C=O) groups is 1. The van der Waals surface area contributed by atoms with Gasteiger partial charge in [0.1, 0.15) is 5.75 Å². The molecule has 2 amide bonds. The maximum atomic E-state index is 12.2. The second-order valence-corrected chi connectivity index (χ2v) is 5.62. The highest BCUT2D eigenvalue weighted by Gasteiger charge is 2.10. The molecule has 0 aliphatic rings.